The van der Waals surface area contributed by atoms with Crippen LogP contribution in [0.25, 0.3) is 17.0 Å². The molecular formula is C13H8F5N5O2. The van der Waals surface area contributed by atoms with Crippen LogP contribution in [0.5, 0.6) is 0 Å². The fraction of sp³-hybridized carbons (Fsp3) is 0.231. The number of hydrogen-bond donors (Lipinski definition) is 1. The van der Waals surface area contributed by atoms with Gasteiger partial charge >= 0.3 is 6.18 Å². The van der Waals surface area contributed by atoms with Crippen LogP contribution in [0.15, 0.2) is 29.3 Å². The number of nitrogens with one attached hydrogen (secondary N) is 1. The van der Waals surface area contributed by atoms with Crippen molar-refractivity contribution in [1.29, 1.82) is 0 Å². The van der Waals surface area contributed by atoms with Gasteiger partial charge in [-0.05, 0) is 6.07 Å². The van der Waals surface area contributed by atoms with Crippen LogP contribution in [0.3, 0.4) is 0 Å². The number of amides is 1. The minimum atomic E-state index is -4.73. The van der Waals surface area contributed by atoms with E-state index in [4.69, 9.17) is 4.42 Å². The van der Waals surface area contributed by atoms with E-state index in [1.807, 2.05) is 5.32 Å². The molecule has 1 N–H and O–H groups in total. The first-order valence-electron chi connectivity index (χ1n) is 6.68. The smallest absolute Gasteiger partial charge is 0.417 e. The number of nitrogens with zero attached hydrogens (tertiary/aromatic N) is 4. The average Bonchev–Trinajstić information content (AvgIpc) is 3.20. The van der Waals surface area contributed by atoms with Gasteiger partial charge in [0.1, 0.15) is 0 Å². The molecular weight excluding hydrogens is 353 g/mol. The number of hydrogen-bond acceptors (Lipinski definition) is 5. The van der Waals surface area contributed by atoms with Crippen molar-refractivity contribution in [2.24, 2.45) is 0 Å². The molecule has 0 bridgehead atoms. The van der Waals surface area contributed by atoms with Crippen molar-refractivity contribution in [1.82, 2.24) is 24.9 Å². The minimum absolute atomic E-state index is 0.0250. The molecule has 7 nitrogen and oxygen atoms in total. The molecule has 132 valence electrons. The Balaban J connectivity index is 2.16. The summed E-state index contributed by atoms with van der Waals surface area (Å²) in [6, 6.07) is 0.769. The summed E-state index contributed by atoms with van der Waals surface area (Å²) in [5.41, 5.74) is -1.33. The lowest BCUT2D eigenvalue weighted by Gasteiger charge is -2.10. The lowest BCUT2D eigenvalue weighted by atomic mass is 10.1. The molecule has 0 atom stereocenters. The van der Waals surface area contributed by atoms with Crippen molar-refractivity contribution in [3.63, 3.8) is 0 Å². The number of pyridine rings is 1. The van der Waals surface area contributed by atoms with Gasteiger partial charge in [-0.25, -0.2) is 13.8 Å². The molecule has 0 fully saturated rings. The van der Waals surface area contributed by atoms with Crippen LogP contribution in [0.1, 0.15) is 16.2 Å². The molecule has 0 aromatic carbocycles. The fourth-order valence-electron chi connectivity index (χ4n) is 2.08. The quantitative estimate of drug-likeness (QED) is 0.722. The van der Waals surface area contributed by atoms with Gasteiger partial charge < -0.3 is 9.73 Å². The molecule has 3 aromatic heterocycles. The van der Waals surface area contributed by atoms with E-state index in [1.54, 1.807) is 0 Å². The van der Waals surface area contributed by atoms with Gasteiger partial charge in [-0.2, -0.15) is 13.2 Å². The predicted molar refractivity (Wildman–Crippen MR) is 71.8 cm³/mol. The van der Waals surface area contributed by atoms with Crippen LogP contribution in [0.4, 0.5) is 22.0 Å². The summed E-state index contributed by atoms with van der Waals surface area (Å²) in [5, 5.41) is 9.01. The zero-order valence-corrected chi connectivity index (χ0v) is 12.1. The summed E-state index contributed by atoms with van der Waals surface area (Å²) in [4.78, 5) is 15.5. The number of carbonyl (C=O) groups excluding carboxylic acids is 1. The Morgan fingerprint density at radius 3 is 2.68 bits per heavy atom. The molecule has 1 amide bonds. The highest BCUT2D eigenvalue weighted by molar-refractivity contribution is 5.92. The lowest BCUT2D eigenvalue weighted by molar-refractivity contribution is -0.137. The van der Waals surface area contributed by atoms with E-state index in [1.165, 1.54) is 6.20 Å². The van der Waals surface area contributed by atoms with E-state index in [0.717, 1.165) is 16.9 Å². The van der Waals surface area contributed by atoms with Crippen molar-refractivity contribution >= 4 is 11.6 Å². The van der Waals surface area contributed by atoms with E-state index < -0.39 is 36.4 Å². The molecule has 0 aliphatic heterocycles. The van der Waals surface area contributed by atoms with Crippen LogP contribution in [0.2, 0.25) is 0 Å². The van der Waals surface area contributed by atoms with Crippen molar-refractivity contribution in [3.8, 4) is 11.3 Å². The first-order valence-corrected chi connectivity index (χ1v) is 6.68. The van der Waals surface area contributed by atoms with Gasteiger partial charge in [-0.1, -0.05) is 0 Å². The van der Waals surface area contributed by atoms with Crippen molar-refractivity contribution in [2.45, 2.75) is 12.6 Å². The van der Waals surface area contributed by atoms with Crippen LogP contribution < -0.4 is 5.32 Å². The van der Waals surface area contributed by atoms with E-state index in [9.17, 15) is 26.7 Å². The highest BCUT2D eigenvalue weighted by Gasteiger charge is 2.33. The molecule has 0 aliphatic carbocycles. The Bertz CT molecular complexity index is 904. The van der Waals surface area contributed by atoms with E-state index in [2.05, 4.69) is 15.2 Å². The van der Waals surface area contributed by atoms with Crippen LogP contribution in [0, 0.1) is 0 Å². The molecule has 0 saturated carbocycles. The maximum atomic E-state index is 13.1. The van der Waals surface area contributed by atoms with Gasteiger partial charge in [0.25, 0.3) is 12.3 Å². The third-order valence-corrected chi connectivity index (χ3v) is 3.15. The molecule has 0 aliphatic rings. The second-order valence-corrected chi connectivity index (χ2v) is 4.82. The molecule has 3 rings (SSSR count). The minimum Gasteiger partial charge on any atom is -0.443 e. The third kappa shape index (κ3) is 3.27. The van der Waals surface area contributed by atoms with Gasteiger partial charge in [-0.15, -0.1) is 10.2 Å². The Labute approximate surface area is 135 Å². The maximum Gasteiger partial charge on any atom is 0.417 e. The number of carbonyl (C=O) groups is 1. The lowest BCUT2D eigenvalue weighted by Crippen LogP contribution is -2.30. The van der Waals surface area contributed by atoms with Crippen LogP contribution >= 0.6 is 0 Å². The number of aromatic nitrogens is 4. The molecule has 12 heteroatoms. The Morgan fingerprint density at radius 1 is 1.32 bits per heavy atom. The zero-order valence-electron chi connectivity index (χ0n) is 12.1. The summed E-state index contributed by atoms with van der Waals surface area (Å²) in [6.07, 6.45) is -4.77. The van der Waals surface area contributed by atoms with E-state index >= 15 is 0 Å². The van der Waals surface area contributed by atoms with Gasteiger partial charge in [0.05, 0.1) is 23.9 Å². The second-order valence-electron chi connectivity index (χ2n) is 4.82. The molecule has 0 unspecified atom stereocenters. The molecule has 25 heavy (non-hydrogen) atoms. The maximum absolute atomic E-state index is 13.1. The standard InChI is InChI=1S/C13H8F5N5O2/c14-9(15)3-20-12(24)11-22-21-10-7(8-2-19-5-25-8)1-6(4-23(10)11)13(16,17)18/h1-2,4-5,9H,3H2,(H,20,24). The highest BCUT2D eigenvalue weighted by Crippen LogP contribution is 2.34. The fourth-order valence-corrected chi connectivity index (χ4v) is 2.08. The molecule has 0 spiro atoms. The average molecular weight is 361 g/mol. The van der Waals surface area contributed by atoms with Gasteiger partial charge in [0.2, 0.25) is 5.82 Å². The molecule has 3 heterocycles. The number of alkyl halides is 5. The van der Waals surface area contributed by atoms with E-state index in [-0.39, 0.29) is 17.0 Å². The van der Waals surface area contributed by atoms with Gasteiger partial charge in [-0.3, -0.25) is 9.20 Å². The molecule has 0 radical (unpaired) electrons. The normalized spacial score (nSPS) is 12.1. The summed E-state index contributed by atoms with van der Waals surface area (Å²) in [6.45, 7) is -0.971. The summed E-state index contributed by atoms with van der Waals surface area (Å²) in [7, 11) is 0. The number of oxazole rings is 1. The first-order chi connectivity index (χ1) is 11.8. The summed E-state index contributed by atoms with van der Waals surface area (Å²) in [5.74, 6) is -1.68. The third-order valence-electron chi connectivity index (χ3n) is 3.15. The summed E-state index contributed by atoms with van der Waals surface area (Å²) < 4.78 is 69.5. The first kappa shape index (κ1) is 16.8. The molecule has 0 saturated heterocycles. The number of rotatable bonds is 4. The number of halogens is 5. The van der Waals surface area contributed by atoms with Crippen molar-refractivity contribution in [2.75, 3.05) is 6.54 Å². The predicted octanol–water partition coefficient (Wildman–Crippen LogP) is 2.40. The van der Waals surface area contributed by atoms with Gasteiger partial charge in [0.15, 0.2) is 17.8 Å². The SMILES string of the molecule is O=C(NCC(F)F)c1nnc2c(-c3cnco3)cc(C(F)(F)F)cn12. The monoisotopic (exact) mass is 361 g/mol. The highest BCUT2D eigenvalue weighted by atomic mass is 19.4. The molecule has 3 aromatic rings. The summed E-state index contributed by atoms with van der Waals surface area (Å²) >= 11 is 0. The second kappa shape index (κ2) is 6.11. The van der Waals surface area contributed by atoms with Crippen molar-refractivity contribution in [3.05, 3.63) is 36.2 Å². The topological polar surface area (TPSA) is 85.3 Å². The number of fused-ring (bicyclic) bond motifs is 1. The largest absolute Gasteiger partial charge is 0.443 e. The van der Waals surface area contributed by atoms with Gasteiger partial charge in [0, 0.05) is 6.20 Å². The van der Waals surface area contributed by atoms with Crippen molar-refractivity contribution < 1.29 is 31.2 Å². The van der Waals surface area contributed by atoms with E-state index in [0.29, 0.717) is 6.20 Å². The Hall–Kier alpha value is -3.05. The zero-order chi connectivity index (χ0) is 18.2. The Kier molecular flexibility index (Phi) is 4.10. The Morgan fingerprint density at radius 2 is 2.08 bits per heavy atom. The van der Waals surface area contributed by atoms with Crippen LogP contribution in [-0.4, -0.2) is 38.5 Å². The van der Waals surface area contributed by atoms with Crippen LogP contribution in [-0.2, 0) is 6.18 Å².